The summed E-state index contributed by atoms with van der Waals surface area (Å²) in [4.78, 5) is 10.7. The molecule has 1 aromatic carbocycles. The maximum Gasteiger partial charge on any atom is 0.314 e. The average molecular weight is 282 g/mol. The van der Waals surface area contributed by atoms with E-state index in [0.717, 1.165) is 19.4 Å². The number of benzene rings is 1. The van der Waals surface area contributed by atoms with E-state index >= 15 is 0 Å². The van der Waals surface area contributed by atoms with Crippen LogP contribution in [0.5, 0.6) is 17.2 Å². The van der Waals surface area contributed by atoms with Gasteiger partial charge >= 0.3 is 5.69 Å². The number of nitro groups is 1. The number of nitrogens with one attached hydrogen (secondary N) is 1. The largest absolute Gasteiger partial charge is 0.493 e. The van der Waals surface area contributed by atoms with Crippen LogP contribution in [-0.4, -0.2) is 38.3 Å². The Morgan fingerprint density at radius 1 is 1.25 bits per heavy atom. The van der Waals surface area contributed by atoms with E-state index in [4.69, 9.17) is 14.2 Å². The molecule has 1 aliphatic rings. The van der Waals surface area contributed by atoms with Gasteiger partial charge in [-0.25, -0.2) is 0 Å². The van der Waals surface area contributed by atoms with E-state index in [2.05, 4.69) is 5.32 Å². The summed E-state index contributed by atoms with van der Waals surface area (Å²) >= 11 is 0. The van der Waals surface area contributed by atoms with Gasteiger partial charge in [0.1, 0.15) is 6.10 Å². The van der Waals surface area contributed by atoms with Gasteiger partial charge in [0.2, 0.25) is 5.75 Å². The Labute approximate surface area is 117 Å². The Morgan fingerprint density at radius 3 is 2.50 bits per heavy atom. The van der Waals surface area contributed by atoms with Crippen LogP contribution in [0.4, 0.5) is 5.69 Å². The predicted molar refractivity (Wildman–Crippen MR) is 72.7 cm³/mol. The van der Waals surface area contributed by atoms with Crippen LogP contribution < -0.4 is 19.5 Å². The van der Waals surface area contributed by atoms with Crippen molar-refractivity contribution >= 4 is 5.69 Å². The Bertz CT molecular complexity index is 486. The summed E-state index contributed by atoms with van der Waals surface area (Å²) in [7, 11) is 2.92. The monoisotopic (exact) mass is 282 g/mol. The number of nitrogens with zero attached hydrogens (tertiary/aromatic N) is 1. The molecule has 1 heterocycles. The molecule has 1 atom stereocenters. The highest BCUT2D eigenvalue weighted by atomic mass is 16.6. The molecule has 1 fully saturated rings. The quantitative estimate of drug-likeness (QED) is 0.654. The van der Waals surface area contributed by atoms with Crippen molar-refractivity contribution in [2.45, 2.75) is 18.9 Å². The number of ether oxygens (including phenoxy) is 3. The topological polar surface area (TPSA) is 82.9 Å². The van der Waals surface area contributed by atoms with Crippen molar-refractivity contribution in [3.63, 3.8) is 0 Å². The minimum Gasteiger partial charge on any atom is -0.493 e. The molecule has 7 nitrogen and oxygen atoms in total. The predicted octanol–water partition coefficient (Wildman–Crippen LogP) is 1.74. The SMILES string of the molecule is COc1cc(O[C@H]2CCCNC2)c([N+](=O)[O-])cc1OC. The van der Waals surface area contributed by atoms with Crippen LogP contribution in [-0.2, 0) is 0 Å². The van der Waals surface area contributed by atoms with Crippen molar-refractivity contribution in [3.05, 3.63) is 22.2 Å². The van der Waals surface area contributed by atoms with Gasteiger partial charge in [-0.2, -0.15) is 0 Å². The molecule has 0 unspecified atom stereocenters. The third-order valence-corrected chi connectivity index (χ3v) is 3.21. The van der Waals surface area contributed by atoms with E-state index in [1.807, 2.05) is 0 Å². The van der Waals surface area contributed by atoms with Gasteiger partial charge in [-0.3, -0.25) is 10.1 Å². The fourth-order valence-electron chi connectivity index (χ4n) is 2.19. The highest BCUT2D eigenvalue weighted by Gasteiger charge is 2.24. The van der Waals surface area contributed by atoms with Crippen LogP contribution in [0.25, 0.3) is 0 Å². The second-order valence-corrected chi connectivity index (χ2v) is 4.52. The van der Waals surface area contributed by atoms with Gasteiger partial charge in [0.05, 0.1) is 25.2 Å². The number of rotatable bonds is 5. The molecule has 0 bridgehead atoms. The molecule has 110 valence electrons. The van der Waals surface area contributed by atoms with Crippen molar-refractivity contribution in [3.8, 4) is 17.2 Å². The number of nitro benzene ring substituents is 1. The maximum atomic E-state index is 11.1. The fraction of sp³-hybridized carbons (Fsp3) is 0.538. The summed E-state index contributed by atoms with van der Waals surface area (Å²) in [5.41, 5.74) is -0.117. The highest BCUT2D eigenvalue weighted by molar-refractivity contribution is 5.58. The van der Waals surface area contributed by atoms with Crippen molar-refractivity contribution < 1.29 is 19.1 Å². The number of hydrogen-bond acceptors (Lipinski definition) is 6. The maximum absolute atomic E-state index is 11.1. The van der Waals surface area contributed by atoms with Crippen LogP contribution in [0.2, 0.25) is 0 Å². The normalized spacial score (nSPS) is 18.4. The lowest BCUT2D eigenvalue weighted by atomic mass is 10.1. The zero-order chi connectivity index (χ0) is 14.5. The lowest BCUT2D eigenvalue weighted by Crippen LogP contribution is -2.37. The summed E-state index contributed by atoms with van der Waals surface area (Å²) in [5.74, 6) is 0.937. The molecule has 1 aliphatic heterocycles. The zero-order valence-electron chi connectivity index (χ0n) is 11.5. The summed E-state index contributed by atoms with van der Waals surface area (Å²) < 4.78 is 16.0. The highest BCUT2D eigenvalue weighted by Crippen LogP contribution is 2.39. The van der Waals surface area contributed by atoms with Crippen LogP contribution in [0.3, 0.4) is 0 Å². The molecule has 0 aliphatic carbocycles. The first kappa shape index (κ1) is 14.4. The minimum atomic E-state index is -0.479. The third-order valence-electron chi connectivity index (χ3n) is 3.21. The number of methoxy groups -OCH3 is 2. The number of piperidine rings is 1. The standard InChI is InChI=1S/C13H18N2O5/c1-18-12-6-10(15(16)17)11(7-13(12)19-2)20-9-4-3-5-14-8-9/h6-7,9,14H,3-5,8H2,1-2H3/t9-/m0/s1. The van der Waals surface area contributed by atoms with Gasteiger partial charge in [0, 0.05) is 12.6 Å². The van der Waals surface area contributed by atoms with Gasteiger partial charge in [-0.1, -0.05) is 0 Å². The smallest absolute Gasteiger partial charge is 0.314 e. The summed E-state index contributed by atoms with van der Waals surface area (Å²) in [6.07, 6.45) is 1.80. The van der Waals surface area contributed by atoms with Gasteiger partial charge in [0.15, 0.2) is 11.5 Å². The van der Waals surface area contributed by atoms with Crippen LogP contribution in [0, 0.1) is 10.1 Å². The first-order chi connectivity index (χ1) is 9.65. The molecule has 0 radical (unpaired) electrons. The molecule has 0 saturated carbocycles. The lowest BCUT2D eigenvalue weighted by Gasteiger charge is -2.24. The van der Waals surface area contributed by atoms with E-state index in [1.54, 1.807) is 0 Å². The Hall–Kier alpha value is -2.02. The second kappa shape index (κ2) is 6.42. The number of hydrogen-bond donors (Lipinski definition) is 1. The van der Waals surface area contributed by atoms with Crippen LogP contribution in [0.1, 0.15) is 12.8 Å². The first-order valence-corrected chi connectivity index (χ1v) is 6.43. The first-order valence-electron chi connectivity index (χ1n) is 6.43. The molecule has 7 heteroatoms. The molecule has 1 aromatic rings. The molecular formula is C13H18N2O5. The van der Waals surface area contributed by atoms with Gasteiger partial charge in [0.25, 0.3) is 0 Å². The van der Waals surface area contributed by atoms with Gasteiger partial charge in [-0.05, 0) is 19.4 Å². The fourth-order valence-corrected chi connectivity index (χ4v) is 2.19. The third kappa shape index (κ3) is 3.11. The molecule has 0 spiro atoms. The van der Waals surface area contributed by atoms with E-state index < -0.39 is 4.92 Å². The van der Waals surface area contributed by atoms with Gasteiger partial charge < -0.3 is 19.5 Å². The van der Waals surface area contributed by atoms with E-state index in [9.17, 15) is 10.1 Å². The average Bonchev–Trinajstić information content (AvgIpc) is 2.47. The Balaban J connectivity index is 2.30. The molecule has 0 amide bonds. The van der Waals surface area contributed by atoms with Crippen LogP contribution >= 0.6 is 0 Å². The van der Waals surface area contributed by atoms with E-state index in [0.29, 0.717) is 18.0 Å². The lowest BCUT2D eigenvalue weighted by molar-refractivity contribution is -0.386. The van der Waals surface area contributed by atoms with Crippen molar-refractivity contribution in [2.75, 3.05) is 27.3 Å². The van der Waals surface area contributed by atoms with Gasteiger partial charge in [-0.15, -0.1) is 0 Å². The molecular weight excluding hydrogens is 264 g/mol. The minimum absolute atomic E-state index is 0.0689. The molecule has 1 N–H and O–H groups in total. The second-order valence-electron chi connectivity index (χ2n) is 4.52. The summed E-state index contributed by atoms with van der Waals surface area (Å²) in [5, 5.41) is 14.3. The zero-order valence-corrected chi connectivity index (χ0v) is 11.5. The van der Waals surface area contributed by atoms with E-state index in [1.165, 1.54) is 26.4 Å². The van der Waals surface area contributed by atoms with E-state index in [-0.39, 0.29) is 17.5 Å². The summed E-state index contributed by atoms with van der Waals surface area (Å²) in [6.45, 7) is 1.64. The van der Waals surface area contributed by atoms with Crippen molar-refractivity contribution in [2.24, 2.45) is 0 Å². The molecule has 2 rings (SSSR count). The van der Waals surface area contributed by atoms with Crippen molar-refractivity contribution in [1.82, 2.24) is 5.32 Å². The Kier molecular flexibility index (Phi) is 4.62. The molecule has 1 saturated heterocycles. The Morgan fingerprint density at radius 2 is 1.95 bits per heavy atom. The van der Waals surface area contributed by atoms with Crippen molar-refractivity contribution in [1.29, 1.82) is 0 Å². The van der Waals surface area contributed by atoms with Crippen LogP contribution in [0.15, 0.2) is 12.1 Å². The molecule has 20 heavy (non-hydrogen) atoms. The summed E-state index contributed by atoms with van der Waals surface area (Å²) in [6, 6.07) is 2.83. The molecule has 0 aromatic heterocycles.